The number of amides is 2. The number of aliphatic hydroxyl groups is 1. The monoisotopic (exact) mass is 298 g/mol. The lowest BCUT2D eigenvalue weighted by Crippen LogP contribution is -2.45. The molecule has 1 aromatic carbocycles. The number of halogens is 1. The van der Waals surface area contributed by atoms with Crippen molar-refractivity contribution in [2.24, 2.45) is 0 Å². The Bertz CT molecular complexity index is 523. The molecular weight excluding hydrogens is 284 g/mol. The predicted octanol–water partition coefficient (Wildman–Crippen LogP) is 1.07. The van der Waals surface area contributed by atoms with Crippen molar-refractivity contribution in [3.63, 3.8) is 0 Å². The zero-order chi connectivity index (χ0) is 14.7. The molecule has 1 fully saturated rings. The molecule has 0 aromatic heterocycles. The van der Waals surface area contributed by atoms with Crippen molar-refractivity contribution in [1.82, 2.24) is 10.2 Å². The van der Waals surface area contributed by atoms with Gasteiger partial charge in [0, 0.05) is 24.5 Å². The lowest BCUT2D eigenvalue weighted by molar-refractivity contribution is -0.141. The first-order chi connectivity index (χ1) is 9.47. The fourth-order valence-corrected chi connectivity index (χ4v) is 2.41. The Morgan fingerprint density at radius 1 is 1.45 bits per heavy atom. The molecule has 0 bridgehead atoms. The predicted molar refractivity (Wildman–Crippen MR) is 72.4 cm³/mol. The second-order valence-electron chi connectivity index (χ2n) is 4.68. The number of aliphatic hydroxyl groups excluding tert-OH is 1. The number of β-amino-alcohol motifs (C(OH)–C–C–N with tert-alkyl or cyclic N) is 1. The molecule has 2 rings (SSSR count). The van der Waals surface area contributed by atoms with Crippen LogP contribution in [-0.4, -0.2) is 45.8 Å². The van der Waals surface area contributed by atoms with E-state index in [1.165, 1.54) is 0 Å². The number of carboxylic acids is 1. The Morgan fingerprint density at radius 3 is 2.85 bits per heavy atom. The van der Waals surface area contributed by atoms with Crippen LogP contribution in [0.4, 0.5) is 4.79 Å². The smallest absolute Gasteiger partial charge is 0.326 e. The maximum absolute atomic E-state index is 12.0. The van der Waals surface area contributed by atoms with Crippen LogP contribution in [0.25, 0.3) is 0 Å². The van der Waals surface area contributed by atoms with Crippen LogP contribution in [0.15, 0.2) is 24.3 Å². The van der Waals surface area contributed by atoms with Crippen molar-refractivity contribution in [3.05, 3.63) is 34.9 Å². The third-order valence-corrected chi connectivity index (χ3v) is 3.39. The van der Waals surface area contributed by atoms with E-state index < -0.39 is 24.1 Å². The van der Waals surface area contributed by atoms with Gasteiger partial charge in [-0.05, 0) is 17.7 Å². The highest BCUT2D eigenvalue weighted by Gasteiger charge is 2.38. The van der Waals surface area contributed by atoms with E-state index >= 15 is 0 Å². The van der Waals surface area contributed by atoms with E-state index in [-0.39, 0.29) is 19.5 Å². The van der Waals surface area contributed by atoms with Crippen LogP contribution in [0.3, 0.4) is 0 Å². The SMILES string of the molecule is O=C(O)[C@@H]1CC(O)CN1C(=O)NCc1cccc(Cl)c1. The van der Waals surface area contributed by atoms with Crippen molar-refractivity contribution in [3.8, 4) is 0 Å². The van der Waals surface area contributed by atoms with Crippen molar-refractivity contribution < 1.29 is 19.8 Å². The molecule has 0 radical (unpaired) electrons. The molecule has 1 aromatic rings. The van der Waals surface area contributed by atoms with Gasteiger partial charge in [0.25, 0.3) is 0 Å². The lowest BCUT2D eigenvalue weighted by Gasteiger charge is -2.21. The van der Waals surface area contributed by atoms with E-state index in [1.54, 1.807) is 24.3 Å². The van der Waals surface area contributed by atoms with Gasteiger partial charge in [0.05, 0.1) is 6.10 Å². The molecule has 1 aliphatic heterocycles. The Balaban J connectivity index is 1.96. The highest BCUT2D eigenvalue weighted by atomic mass is 35.5. The summed E-state index contributed by atoms with van der Waals surface area (Å²) >= 11 is 5.84. The second-order valence-corrected chi connectivity index (χ2v) is 5.12. The number of rotatable bonds is 3. The van der Waals surface area contributed by atoms with E-state index in [2.05, 4.69) is 5.32 Å². The first kappa shape index (κ1) is 14.6. The third kappa shape index (κ3) is 3.40. The van der Waals surface area contributed by atoms with Gasteiger partial charge in [0.1, 0.15) is 6.04 Å². The van der Waals surface area contributed by atoms with Crippen LogP contribution in [0, 0.1) is 0 Å². The summed E-state index contributed by atoms with van der Waals surface area (Å²) in [7, 11) is 0. The summed E-state index contributed by atoms with van der Waals surface area (Å²) in [4.78, 5) is 24.1. The normalized spacial score (nSPS) is 21.8. The van der Waals surface area contributed by atoms with Crippen LogP contribution in [0.2, 0.25) is 5.02 Å². The number of carbonyl (C=O) groups excluding carboxylic acids is 1. The van der Waals surface area contributed by atoms with Gasteiger partial charge in [-0.25, -0.2) is 9.59 Å². The number of nitrogens with one attached hydrogen (secondary N) is 1. The molecule has 1 saturated heterocycles. The summed E-state index contributed by atoms with van der Waals surface area (Å²) in [6.45, 7) is 0.274. The summed E-state index contributed by atoms with van der Waals surface area (Å²) in [5.41, 5.74) is 0.817. The van der Waals surface area contributed by atoms with Gasteiger partial charge >= 0.3 is 12.0 Å². The molecule has 1 heterocycles. The van der Waals surface area contributed by atoms with Crippen LogP contribution >= 0.6 is 11.6 Å². The maximum atomic E-state index is 12.0. The van der Waals surface area contributed by atoms with Crippen molar-refractivity contribution in [1.29, 1.82) is 0 Å². The van der Waals surface area contributed by atoms with Gasteiger partial charge in [-0.3, -0.25) is 0 Å². The molecule has 1 unspecified atom stereocenters. The lowest BCUT2D eigenvalue weighted by atomic mass is 10.2. The van der Waals surface area contributed by atoms with Crippen molar-refractivity contribution in [2.45, 2.75) is 25.1 Å². The minimum Gasteiger partial charge on any atom is -0.480 e. The third-order valence-electron chi connectivity index (χ3n) is 3.16. The molecule has 1 aliphatic rings. The zero-order valence-electron chi connectivity index (χ0n) is 10.6. The van der Waals surface area contributed by atoms with Crippen LogP contribution in [0.1, 0.15) is 12.0 Å². The van der Waals surface area contributed by atoms with Crippen LogP contribution in [-0.2, 0) is 11.3 Å². The Labute approximate surface area is 121 Å². The molecule has 20 heavy (non-hydrogen) atoms. The van der Waals surface area contributed by atoms with Gasteiger partial charge in [-0.1, -0.05) is 23.7 Å². The first-order valence-corrected chi connectivity index (χ1v) is 6.55. The standard InChI is InChI=1S/C13H15ClN2O4/c14-9-3-1-2-8(4-9)6-15-13(20)16-7-10(17)5-11(16)12(18)19/h1-4,10-11,17H,5-7H2,(H,15,20)(H,18,19)/t10?,11-/m0/s1. The topological polar surface area (TPSA) is 89.9 Å². The minimum absolute atomic E-state index is 0.0261. The maximum Gasteiger partial charge on any atom is 0.326 e. The molecule has 0 aliphatic carbocycles. The van der Waals surface area contributed by atoms with Gasteiger partial charge in [0.2, 0.25) is 0 Å². The molecule has 2 atom stereocenters. The number of benzene rings is 1. The Kier molecular flexibility index (Phi) is 4.46. The average Bonchev–Trinajstić information content (AvgIpc) is 2.78. The Morgan fingerprint density at radius 2 is 2.20 bits per heavy atom. The highest BCUT2D eigenvalue weighted by Crippen LogP contribution is 2.18. The van der Waals surface area contributed by atoms with Gasteiger partial charge in [-0.15, -0.1) is 0 Å². The molecule has 0 spiro atoms. The minimum atomic E-state index is -1.11. The highest BCUT2D eigenvalue weighted by molar-refractivity contribution is 6.30. The molecule has 3 N–H and O–H groups in total. The molecule has 6 nitrogen and oxygen atoms in total. The summed E-state index contributed by atoms with van der Waals surface area (Å²) in [6.07, 6.45) is -0.743. The van der Waals surface area contributed by atoms with E-state index in [1.807, 2.05) is 0 Å². The van der Waals surface area contributed by atoms with Crippen molar-refractivity contribution >= 4 is 23.6 Å². The molecule has 108 valence electrons. The number of carbonyl (C=O) groups is 2. The van der Waals surface area contributed by atoms with Gasteiger partial charge in [0.15, 0.2) is 0 Å². The van der Waals surface area contributed by atoms with Crippen molar-refractivity contribution in [2.75, 3.05) is 6.54 Å². The number of aliphatic carboxylic acids is 1. The fourth-order valence-electron chi connectivity index (χ4n) is 2.20. The van der Waals surface area contributed by atoms with E-state index in [0.717, 1.165) is 10.5 Å². The van der Waals surface area contributed by atoms with E-state index in [0.29, 0.717) is 5.02 Å². The molecule has 2 amide bonds. The fraction of sp³-hybridized carbons (Fsp3) is 0.385. The van der Waals surface area contributed by atoms with Crippen LogP contribution in [0.5, 0.6) is 0 Å². The van der Waals surface area contributed by atoms with Gasteiger partial charge in [-0.2, -0.15) is 0 Å². The number of hydrogen-bond acceptors (Lipinski definition) is 3. The van der Waals surface area contributed by atoms with Gasteiger partial charge < -0.3 is 20.4 Å². The Hall–Kier alpha value is -1.79. The number of likely N-dealkylation sites (tertiary alicyclic amines) is 1. The molecular formula is C13H15ClN2O4. The zero-order valence-corrected chi connectivity index (χ0v) is 11.4. The van der Waals surface area contributed by atoms with E-state index in [4.69, 9.17) is 16.7 Å². The van der Waals surface area contributed by atoms with Crippen LogP contribution < -0.4 is 5.32 Å². The summed E-state index contributed by atoms with van der Waals surface area (Å²) < 4.78 is 0. The summed E-state index contributed by atoms with van der Waals surface area (Å²) in [5, 5.41) is 21.7. The number of urea groups is 1. The molecule has 0 saturated carbocycles. The first-order valence-electron chi connectivity index (χ1n) is 6.17. The largest absolute Gasteiger partial charge is 0.480 e. The van der Waals surface area contributed by atoms with E-state index in [9.17, 15) is 14.7 Å². The second kappa shape index (κ2) is 6.11. The summed E-state index contributed by atoms with van der Waals surface area (Å²) in [6, 6.07) is 5.53. The molecule has 7 heteroatoms. The summed E-state index contributed by atoms with van der Waals surface area (Å²) in [5.74, 6) is -1.11. The number of nitrogens with zero attached hydrogens (tertiary/aromatic N) is 1. The number of hydrogen-bond donors (Lipinski definition) is 3. The average molecular weight is 299 g/mol. The number of carboxylic acid groups (broad SMARTS) is 1. The quantitative estimate of drug-likeness (QED) is 0.778.